The van der Waals surface area contributed by atoms with Gasteiger partial charge in [-0.2, -0.15) is 0 Å². The number of allylic oxidation sites excluding steroid dienone is 2. The van der Waals surface area contributed by atoms with E-state index in [0.717, 1.165) is 32.1 Å². The first-order valence-electron chi connectivity index (χ1n) is 9.60. The van der Waals surface area contributed by atoms with Gasteiger partial charge in [0.15, 0.2) is 4.91 Å². The second-order valence-corrected chi connectivity index (χ2v) is 8.66. The Morgan fingerprint density at radius 3 is 2.07 bits per heavy atom. The predicted octanol–water partition coefficient (Wildman–Crippen LogP) is 2.87. The first kappa shape index (κ1) is 19.8. The fourth-order valence-electron chi connectivity index (χ4n) is 3.91. The molecule has 0 spiro atoms. The third-order valence-corrected chi connectivity index (χ3v) is 6.89. The van der Waals surface area contributed by atoms with Crippen LogP contribution in [0.25, 0.3) is 0 Å². The average Bonchev–Trinajstić information content (AvgIpc) is 2.67. The fourth-order valence-corrected chi connectivity index (χ4v) is 5.54. The van der Waals surface area contributed by atoms with Crippen molar-refractivity contribution in [3.63, 3.8) is 0 Å². The maximum Gasteiger partial charge on any atom is 0.246 e. The summed E-state index contributed by atoms with van der Waals surface area (Å²) >= 11 is 0. The van der Waals surface area contributed by atoms with Gasteiger partial charge in [-0.1, -0.05) is 43.5 Å². The van der Waals surface area contributed by atoms with E-state index in [1.165, 1.54) is 6.07 Å². The Kier molecular flexibility index (Phi) is 5.81. The number of nitrogens with zero attached hydrogens (tertiary/aromatic N) is 1. The van der Waals surface area contributed by atoms with Crippen molar-refractivity contribution in [2.75, 3.05) is 13.1 Å². The van der Waals surface area contributed by atoms with E-state index in [-0.39, 0.29) is 22.9 Å². The lowest BCUT2D eigenvalue weighted by atomic mass is 9.92. The summed E-state index contributed by atoms with van der Waals surface area (Å²) in [5.74, 6) is -1.01. The van der Waals surface area contributed by atoms with E-state index in [9.17, 15) is 18.0 Å². The number of Topliss-reactive ketones (excluding diaryl/α,β-unsaturated/α-hetero) is 2. The van der Waals surface area contributed by atoms with Crippen molar-refractivity contribution in [2.45, 2.75) is 52.0 Å². The Morgan fingerprint density at radius 2 is 1.52 bits per heavy atom. The van der Waals surface area contributed by atoms with Gasteiger partial charge in [0.2, 0.25) is 21.6 Å². The topological polar surface area (TPSA) is 83.6 Å². The molecule has 1 saturated carbocycles. The molecule has 0 heterocycles. The second kappa shape index (κ2) is 7.94. The first-order chi connectivity index (χ1) is 12.9. The molecule has 0 radical (unpaired) electrons. The van der Waals surface area contributed by atoms with Gasteiger partial charge in [0.25, 0.3) is 0 Å². The minimum Gasteiger partial charge on any atom is -0.368 e. The van der Waals surface area contributed by atoms with Gasteiger partial charge in [0, 0.05) is 30.3 Å². The summed E-state index contributed by atoms with van der Waals surface area (Å²) in [6.07, 6.45) is 4.53. The molecule has 2 aliphatic rings. The van der Waals surface area contributed by atoms with Crippen molar-refractivity contribution >= 4 is 21.6 Å². The van der Waals surface area contributed by atoms with E-state index in [1.807, 2.05) is 13.8 Å². The summed E-state index contributed by atoms with van der Waals surface area (Å²) in [4.78, 5) is 27.5. The molecule has 1 aromatic rings. The molecule has 0 saturated heterocycles. The number of benzene rings is 1. The molecule has 27 heavy (non-hydrogen) atoms. The van der Waals surface area contributed by atoms with E-state index in [0.29, 0.717) is 13.1 Å². The van der Waals surface area contributed by atoms with Crippen LogP contribution in [0.4, 0.5) is 0 Å². The van der Waals surface area contributed by atoms with E-state index in [2.05, 4.69) is 4.72 Å². The van der Waals surface area contributed by atoms with E-state index in [1.54, 1.807) is 23.1 Å². The van der Waals surface area contributed by atoms with Gasteiger partial charge in [-0.25, -0.2) is 13.1 Å². The van der Waals surface area contributed by atoms with E-state index >= 15 is 0 Å². The lowest BCUT2D eigenvalue weighted by Gasteiger charge is -2.30. The van der Waals surface area contributed by atoms with Gasteiger partial charge in [0.1, 0.15) is 5.70 Å². The molecule has 7 heteroatoms. The molecular formula is C20H26N2O4S. The quantitative estimate of drug-likeness (QED) is 0.807. The number of nitrogens with one attached hydrogen (secondary N) is 1. The summed E-state index contributed by atoms with van der Waals surface area (Å²) in [5.41, 5.74) is 0.412. The zero-order valence-corrected chi connectivity index (χ0v) is 16.6. The molecule has 1 fully saturated rings. The van der Waals surface area contributed by atoms with Gasteiger partial charge < -0.3 is 4.90 Å². The lowest BCUT2D eigenvalue weighted by Crippen LogP contribution is -2.43. The minimum absolute atomic E-state index is 0.00740. The Morgan fingerprint density at radius 1 is 0.963 bits per heavy atom. The molecule has 0 bridgehead atoms. The Hall–Kier alpha value is -1.99. The molecule has 0 aromatic heterocycles. The third kappa shape index (κ3) is 3.71. The summed E-state index contributed by atoms with van der Waals surface area (Å²) in [6.45, 7) is 4.56. The molecule has 6 nitrogen and oxygen atoms in total. The van der Waals surface area contributed by atoms with Crippen molar-refractivity contribution in [3.8, 4) is 0 Å². The van der Waals surface area contributed by atoms with Crippen molar-refractivity contribution in [1.82, 2.24) is 9.62 Å². The average molecular weight is 391 g/mol. The van der Waals surface area contributed by atoms with Gasteiger partial charge in [-0.05, 0) is 26.7 Å². The Bertz CT molecular complexity index is 879. The summed E-state index contributed by atoms with van der Waals surface area (Å²) in [5, 5.41) is 0. The van der Waals surface area contributed by atoms with Gasteiger partial charge in [0.05, 0.1) is 0 Å². The normalized spacial score (nSPS) is 18.6. The molecule has 1 N–H and O–H groups in total. The van der Waals surface area contributed by atoms with Gasteiger partial charge in [-0.15, -0.1) is 0 Å². The fraction of sp³-hybridized carbons (Fsp3) is 0.500. The molecule has 0 unspecified atom stereocenters. The number of likely N-dealkylation sites (N-methyl/N-ethyl adjacent to an activating group) is 1. The zero-order chi connectivity index (χ0) is 19.6. The van der Waals surface area contributed by atoms with E-state index < -0.39 is 26.5 Å². The summed E-state index contributed by atoms with van der Waals surface area (Å²) in [6, 6.07) is 6.24. The highest BCUT2D eigenvalue weighted by molar-refractivity contribution is 7.94. The number of hydrogen-bond acceptors (Lipinski definition) is 5. The highest BCUT2D eigenvalue weighted by Crippen LogP contribution is 2.31. The standard InChI is InChI=1S/C20H26N2O4S/c1-3-22(4-2)17-18(23)15-12-8-9-13-16(15)19(24)20(17)27(25,26)21-14-10-6-5-7-11-14/h8-9,12-14,21H,3-7,10-11H2,1-2H3. The Balaban J connectivity index is 2.12. The zero-order valence-electron chi connectivity index (χ0n) is 15.8. The van der Waals surface area contributed by atoms with Gasteiger partial charge in [-0.3, -0.25) is 9.59 Å². The molecule has 2 aliphatic carbocycles. The minimum atomic E-state index is -4.10. The molecule has 1 aromatic carbocycles. The molecular weight excluding hydrogens is 364 g/mol. The van der Waals surface area contributed by atoms with Crippen LogP contribution < -0.4 is 4.72 Å². The third-order valence-electron chi connectivity index (χ3n) is 5.33. The van der Waals surface area contributed by atoms with Crippen LogP contribution in [0, 0.1) is 0 Å². The van der Waals surface area contributed by atoms with Crippen LogP contribution in [0.15, 0.2) is 34.9 Å². The molecule has 0 amide bonds. The van der Waals surface area contributed by atoms with Crippen molar-refractivity contribution < 1.29 is 18.0 Å². The molecule has 0 aliphatic heterocycles. The summed E-state index contributed by atoms with van der Waals surface area (Å²) < 4.78 is 29.1. The SMILES string of the molecule is CCN(CC)C1=C(S(=O)(=O)NC2CCCCC2)C(=O)c2ccccc2C1=O. The largest absolute Gasteiger partial charge is 0.368 e. The Labute approximate surface area is 160 Å². The van der Waals surface area contributed by atoms with Crippen LogP contribution in [-0.4, -0.2) is 44.0 Å². The number of fused-ring (bicyclic) bond motifs is 1. The monoisotopic (exact) mass is 390 g/mol. The lowest BCUT2D eigenvalue weighted by molar-refractivity contribution is 0.0949. The van der Waals surface area contributed by atoms with Gasteiger partial charge >= 0.3 is 0 Å². The van der Waals surface area contributed by atoms with Crippen LogP contribution in [0.5, 0.6) is 0 Å². The maximum absolute atomic E-state index is 13.2. The van der Waals surface area contributed by atoms with Crippen LogP contribution in [0.1, 0.15) is 66.7 Å². The molecule has 0 atom stereocenters. The number of carbonyl (C=O) groups is 2. The van der Waals surface area contributed by atoms with Crippen molar-refractivity contribution in [3.05, 3.63) is 46.0 Å². The first-order valence-corrected chi connectivity index (χ1v) is 11.1. The van der Waals surface area contributed by atoms with Crippen LogP contribution in [0.2, 0.25) is 0 Å². The van der Waals surface area contributed by atoms with Crippen LogP contribution >= 0.6 is 0 Å². The van der Waals surface area contributed by atoms with Crippen molar-refractivity contribution in [1.29, 1.82) is 0 Å². The van der Waals surface area contributed by atoms with Crippen LogP contribution in [-0.2, 0) is 10.0 Å². The number of rotatable bonds is 6. The number of hydrogen-bond donors (Lipinski definition) is 1. The predicted molar refractivity (Wildman–Crippen MR) is 104 cm³/mol. The number of carbonyl (C=O) groups excluding carboxylic acids is 2. The van der Waals surface area contributed by atoms with E-state index in [4.69, 9.17) is 0 Å². The second-order valence-electron chi connectivity index (χ2n) is 7.01. The smallest absolute Gasteiger partial charge is 0.246 e. The maximum atomic E-state index is 13.2. The highest BCUT2D eigenvalue weighted by atomic mass is 32.2. The van der Waals surface area contributed by atoms with Crippen molar-refractivity contribution in [2.24, 2.45) is 0 Å². The van der Waals surface area contributed by atoms with Crippen LogP contribution in [0.3, 0.4) is 0 Å². The molecule has 146 valence electrons. The number of sulfonamides is 1. The number of ketones is 2. The summed E-state index contributed by atoms with van der Waals surface area (Å²) in [7, 11) is -4.10. The molecule has 3 rings (SSSR count). The highest BCUT2D eigenvalue weighted by Gasteiger charge is 2.41.